The molecule has 192 valence electrons. The van der Waals surface area contributed by atoms with E-state index in [0.717, 1.165) is 18.2 Å². The van der Waals surface area contributed by atoms with E-state index in [-0.39, 0.29) is 24.8 Å². The second-order valence-electron chi connectivity index (χ2n) is 8.45. The van der Waals surface area contributed by atoms with Gasteiger partial charge in [0.1, 0.15) is 6.04 Å². The Morgan fingerprint density at radius 2 is 1.66 bits per heavy atom. The normalized spacial score (nSPS) is 12.1. The van der Waals surface area contributed by atoms with Gasteiger partial charge in [-0.3, -0.25) is 13.9 Å². The van der Waals surface area contributed by atoms with Crippen LogP contribution in [0.4, 0.5) is 5.69 Å². The van der Waals surface area contributed by atoms with Crippen molar-refractivity contribution in [3.05, 3.63) is 65.2 Å². The highest BCUT2D eigenvalue weighted by Crippen LogP contribution is 2.21. The molecule has 0 saturated heterocycles. The maximum atomic E-state index is 13.3. The molecule has 1 atom stereocenters. The summed E-state index contributed by atoms with van der Waals surface area (Å²) in [5.41, 5.74) is 1.58. The van der Waals surface area contributed by atoms with Crippen LogP contribution in [0.25, 0.3) is 0 Å². The summed E-state index contributed by atoms with van der Waals surface area (Å²) in [6.45, 7) is 4.99. The molecule has 2 amide bonds. The van der Waals surface area contributed by atoms with Crippen LogP contribution >= 0.6 is 11.6 Å². The summed E-state index contributed by atoms with van der Waals surface area (Å²) in [6, 6.07) is 15.8. The van der Waals surface area contributed by atoms with Gasteiger partial charge in [-0.15, -0.1) is 0 Å². The maximum Gasteiger partial charge on any atom is 0.242 e. The number of carbonyl (C=O) groups excluding carboxylic acids is 2. The fourth-order valence-corrected chi connectivity index (χ4v) is 4.96. The average molecular weight is 522 g/mol. The number of sulfonamides is 1. The molecule has 0 saturated carbocycles. The number of hydrogen-bond donors (Lipinski definition) is 1. The molecule has 0 aliphatic rings. The van der Waals surface area contributed by atoms with Gasteiger partial charge in [-0.25, -0.2) is 8.42 Å². The third-order valence-corrected chi connectivity index (χ3v) is 7.13. The first-order chi connectivity index (χ1) is 16.7. The number of nitrogens with one attached hydrogen (secondary N) is 1. The standard InChI is InChI=1S/C26H36ClN3O4S/c1-4-18-28-26(32)24(5-2)29(20-17-21-10-7-6-8-11-21)25(31)12-9-19-30(35(3,33)34)23-15-13-22(27)14-16-23/h6-8,10-11,13-16,24H,4-5,9,12,17-20H2,1-3H3,(H,28,32)/t24-/m0/s1. The molecule has 0 bridgehead atoms. The average Bonchev–Trinajstić information content (AvgIpc) is 2.83. The summed E-state index contributed by atoms with van der Waals surface area (Å²) in [4.78, 5) is 27.8. The van der Waals surface area contributed by atoms with Crippen molar-refractivity contribution in [3.63, 3.8) is 0 Å². The van der Waals surface area contributed by atoms with Crippen molar-refractivity contribution in [2.45, 2.75) is 52.0 Å². The number of carbonyl (C=O) groups is 2. The van der Waals surface area contributed by atoms with Gasteiger partial charge in [-0.05, 0) is 55.5 Å². The Kier molecular flexibility index (Phi) is 11.5. The molecular formula is C26H36ClN3O4S. The fourth-order valence-electron chi connectivity index (χ4n) is 3.87. The number of anilines is 1. The molecule has 0 aliphatic carbocycles. The molecule has 7 nitrogen and oxygen atoms in total. The zero-order valence-electron chi connectivity index (χ0n) is 20.7. The first-order valence-corrected chi connectivity index (χ1v) is 14.2. The van der Waals surface area contributed by atoms with Gasteiger partial charge in [0.05, 0.1) is 11.9 Å². The van der Waals surface area contributed by atoms with E-state index in [1.54, 1.807) is 29.2 Å². The van der Waals surface area contributed by atoms with Gasteiger partial charge in [-0.2, -0.15) is 0 Å². The Hall–Kier alpha value is -2.58. The van der Waals surface area contributed by atoms with Crippen LogP contribution in [0, 0.1) is 0 Å². The number of halogens is 1. The minimum atomic E-state index is -3.54. The number of nitrogens with zero attached hydrogens (tertiary/aromatic N) is 2. The Balaban J connectivity index is 2.13. The van der Waals surface area contributed by atoms with E-state index in [1.807, 2.05) is 44.2 Å². The Morgan fingerprint density at radius 1 is 1.00 bits per heavy atom. The first kappa shape index (κ1) is 28.7. The van der Waals surface area contributed by atoms with Crippen molar-refractivity contribution in [1.29, 1.82) is 0 Å². The van der Waals surface area contributed by atoms with Gasteiger partial charge in [0.15, 0.2) is 0 Å². The van der Waals surface area contributed by atoms with Gasteiger partial charge in [0.2, 0.25) is 21.8 Å². The summed E-state index contributed by atoms with van der Waals surface area (Å²) in [5.74, 6) is -0.321. The lowest BCUT2D eigenvalue weighted by Crippen LogP contribution is -2.50. The monoisotopic (exact) mass is 521 g/mol. The minimum absolute atomic E-state index is 0.131. The third kappa shape index (κ3) is 9.18. The zero-order valence-corrected chi connectivity index (χ0v) is 22.3. The summed E-state index contributed by atoms with van der Waals surface area (Å²) in [5, 5.41) is 3.42. The van der Waals surface area contributed by atoms with Gasteiger partial charge < -0.3 is 10.2 Å². The van der Waals surface area contributed by atoms with E-state index in [0.29, 0.717) is 43.1 Å². The lowest BCUT2D eigenvalue weighted by atomic mass is 10.1. The van der Waals surface area contributed by atoms with Crippen molar-refractivity contribution >= 4 is 39.1 Å². The summed E-state index contributed by atoms with van der Waals surface area (Å²) < 4.78 is 26.0. The first-order valence-electron chi connectivity index (χ1n) is 12.0. The quantitative estimate of drug-likeness (QED) is 0.402. The molecule has 0 radical (unpaired) electrons. The molecular weight excluding hydrogens is 486 g/mol. The minimum Gasteiger partial charge on any atom is -0.354 e. The molecule has 0 unspecified atom stereocenters. The molecule has 0 aromatic heterocycles. The zero-order chi connectivity index (χ0) is 25.8. The molecule has 0 spiro atoms. The molecule has 9 heteroatoms. The Morgan fingerprint density at radius 3 is 2.23 bits per heavy atom. The van der Waals surface area contributed by atoms with E-state index >= 15 is 0 Å². The molecule has 1 N–H and O–H groups in total. The molecule has 2 rings (SSSR count). The summed E-state index contributed by atoms with van der Waals surface area (Å²) in [7, 11) is -3.54. The van der Waals surface area contributed by atoms with Crippen LogP contribution in [-0.4, -0.2) is 57.1 Å². The van der Waals surface area contributed by atoms with Crippen LogP contribution in [0.1, 0.15) is 45.1 Å². The highest BCUT2D eigenvalue weighted by Gasteiger charge is 2.28. The molecule has 0 heterocycles. The summed E-state index contributed by atoms with van der Waals surface area (Å²) >= 11 is 5.94. The van der Waals surface area contributed by atoms with Crippen molar-refractivity contribution in [2.24, 2.45) is 0 Å². The SMILES string of the molecule is CCCNC(=O)[C@H](CC)N(CCc1ccccc1)C(=O)CCCN(c1ccc(Cl)cc1)S(C)(=O)=O. The number of benzene rings is 2. The van der Waals surface area contributed by atoms with Gasteiger partial charge >= 0.3 is 0 Å². The van der Waals surface area contributed by atoms with Crippen LogP contribution in [-0.2, 0) is 26.0 Å². The van der Waals surface area contributed by atoms with Gasteiger partial charge in [0, 0.05) is 31.1 Å². The lowest BCUT2D eigenvalue weighted by molar-refractivity contribution is -0.140. The van der Waals surface area contributed by atoms with Crippen molar-refractivity contribution in [3.8, 4) is 0 Å². The van der Waals surface area contributed by atoms with E-state index in [9.17, 15) is 18.0 Å². The van der Waals surface area contributed by atoms with E-state index in [4.69, 9.17) is 11.6 Å². The highest BCUT2D eigenvalue weighted by molar-refractivity contribution is 7.92. The van der Waals surface area contributed by atoms with Crippen molar-refractivity contribution in [1.82, 2.24) is 10.2 Å². The van der Waals surface area contributed by atoms with Crippen LogP contribution in [0.2, 0.25) is 5.02 Å². The lowest BCUT2D eigenvalue weighted by Gasteiger charge is -2.31. The van der Waals surface area contributed by atoms with Crippen molar-refractivity contribution in [2.75, 3.05) is 30.2 Å². The topological polar surface area (TPSA) is 86.8 Å². The molecule has 2 aromatic rings. The van der Waals surface area contributed by atoms with Gasteiger partial charge in [0.25, 0.3) is 0 Å². The molecule has 2 aromatic carbocycles. The smallest absolute Gasteiger partial charge is 0.242 e. The van der Waals surface area contributed by atoms with Crippen LogP contribution < -0.4 is 9.62 Å². The molecule has 0 fully saturated rings. The Labute approximate surface area is 214 Å². The fraction of sp³-hybridized carbons (Fsp3) is 0.462. The van der Waals surface area contributed by atoms with Crippen LogP contribution in [0.3, 0.4) is 0 Å². The molecule has 35 heavy (non-hydrogen) atoms. The maximum absolute atomic E-state index is 13.3. The Bertz CT molecular complexity index is 1050. The number of amides is 2. The number of rotatable bonds is 14. The third-order valence-electron chi connectivity index (χ3n) is 5.69. The summed E-state index contributed by atoms with van der Waals surface area (Å²) in [6.07, 6.45) is 3.53. The van der Waals surface area contributed by atoms with Gasteiger partial charge in [-0.1, -0.05) is 55.8 Å². The highest BCUT2D eigenvalue weighted by atomic mass is 35.5. The second-order valence-corrected chi connectivity index (χ2v) is 10.8. The predicted molar refractivity (Wildman–Crippen MR) is 142 cm³/mol. The van der Waals surface area contributed by atoms with Crippen molar-refractivity contribution < 1.29 is 18.0 Å². The second kappa shape index (κ2) is 14.1. The van der Waals surface area contributed by atoms with E-state index < -0.39 is 16.1 Å². The van der Waals surface area contributed by atoms with E-state index in [2.05, 4.69) is 5.32 Å². The number of hydrogen-bond acceptors (Lipinski definition) is 4. The molecule has 0 aliphatic heterocycles. The van der Waals surface area contributed by atoms with Crippen LogP contribution in [0.5, 0.6) is 0 Å². The largest absolute Gasteiger partial charge is 0.354 e. The van der Waals surface area contributed by atoms with E-state index in [1.165, 1.54) is 4.31 Å². The van der Waals surface area contributed by atoms with Crippen LogP contribution in [0.15, 0.2) is 54.6 Å². The predicted octanol–water partition coefficient (Wildman–Crippen LogP) is 4.26.